The molecule has 2 N–H and O–H groups in total. The van der Waals surface area contributed by atoms with E-state index in [1.807, 2.05) is 0 Å². The van der Waals surface area contributed by atoms with Gasteiger partial charge in [-0.1, -0.05) is 0 Å². The zero-order valence-electron chi connectivity index (χ0n) is 5.60. The van der Waals surface area contributed by atoms with Crippen molar-refractivity contribution in [1.29, 1.82) is 0 Å². The van der Waals surface area contributed by atoms with Crippen LogP contribution in [-0.4, -0.2) is 40.9 Å². The van der Waals surface area contributed by atoms with Crippen molar-refractivity contribution < 1.29 is 19.1 Å². The molecule has 5 nitrogen and oxygen atoms in total. The quantitative estimate of drug-likeness (QED) is 0.425. The van der Waals surface area contributed by atoms with Crippen molar-refractivity contribution in [2.24, 2.45) is 0 Å². The van der Waals surface area contributed by atoms with Gasteiger partial charge in [-0.3, -0.25) is 9.46 Å². The number of rotatable bonds is 4. The van der Waals surface area contributed by atoms with E-state index in [4.69, 9.17) is 9.79 Å². The topological polar surface area (TPSA) is 77.8 Å². The first-order chi connectivity index (χ1) is 4.45. The second kappa shape index (κ2) is 3.83. The summed E-state index contributed by atoms with van der Waals surface area (Å²) >= 11 is 0. The summed E-state index contributed by atoms with van der Waals surface area (Å²) in [5.74, 6) is 0. The Hall–Kier alpha value is -0.220. The molecular formula is C4H10NO4P. The Morgan fingerprint density at radius 3 is 2.40 bits per heavy atom. The summed E-state index contributed by atoms with van der Waals surface area (Å²) in [6, 6.07) is 0. The van der Waals surface area contributed by atoms with Gasteiger partial charge in [0.15, 0.2) is 0 Å². The van der Waals surface area contributed by atoms with E-state index in [0.717, 1.165) is 0 Å². The average Bonchev–Trinajstić information content (AvgIpc) is 1.59. The molecule has 0 heterocycles. The summed E-state index contributed by atoms with van der Waals surface area (Å²) in [5, 5.41) is 0. The van der Waals surface area contributed by atoms with Crippen molar-refractivity contribution in [1.82, 2.24) is 4.90 Å². The fourth-order valence-corrected chi connectivity index (χ4v) is 1.24. The molecule has 0 saturated heterocycles. The summed E-state index contributed by atoms with van der Waals surface area (Å²) in [7, 11) is -2.52. The molecule has 0 unspecified atom stereocenters. The van der Waals surface area contributed by atoms with E-state index in [-0.39, 0.29) is 12.8 Å². The first kappa shape index (κ1) is 9.78. The van der Waals surface area contributed by atoms with Crippen LogP contribution in [0.4, 0.5) is 0 Å². The van der Waals surface area contributed by atoms with Crippen LogP contribution in [0.2, 0.25) is 0 Å². The molecule has 60 valence electrons. The summed E-state index contributed by atoms with van der Waals surface area (Å²) in [6.07, 6.45) is 0.224. The summed E-state index contributed by atoms with van der Waals surface area (Å²) in [4.78, 5) is 27.8. The Kier molecular flexibility index (Phi) is 3.75. The van der Waals surface area contributed by atoms with E-state index in [9.17, 15) is 9.36 Å². The smallest absolute Gasteiger partial charge is 0.324 e. The van der Waals surface area contributed by atoms with Crippen LogP contribution in [0.5, 0.6) is 0 Å². The number of carbonyl (C=O) groups is 1. The molecule has 0 radical (unpaired) electrons. The van der Waals surface area contributed by atoms with Crippen molar-refractivity contribution in [3.8, 4) is 0 Å². The number of nitrogens with zero attached hydrogens (tertiary/aromatic N) is 1. The maximum Gasteiger partial charge on any atom is 0.339 e. The SMILES string of the molecule is CN(CC=O)CP(=O)(O)O. The van der Waals surface area contributed by atoms with Crippen LogP contribution in [0.25, 0.3) is 0 Å². The van der Waals surface area contributed by atoms with Gasteiger partial charge >= 0.3 is 7.60 Å². The fourth-order valence-electron chi connectivity index (χ4n) is 0.499. The van der Waals surface area contributed by atoms with E-state index >= 15 is 0 Å². The van der Waals surface area contributed by atoms with Crippen molar-refractivity contribution in [3.63, 3.8) is 0 Å². The molecule has 0 aliphatic carbocycles. The molecular weight excluding hydrogens is 157 g/mol. The summed E-state index contributed by atoms with van der Waals surface area (Å²) < 4.78 is 10.3. The lowest BCUT2D eigenvalue weighted by atomic mass is 10.7. The monoisotopic (exact) mass is 167 g/mol. The highest BCUT2D eigenvalue weighted by molar-refractivity contribution is 7.51. The van der Waals surface area contributed by atoms with E-state index in [1.54, 1.807) is 0 Å². The first-order valence-electron chi connectivity index (χ1n) is 2.62. The van der Waals surface area contributed by atoms with Crippen LogP contribution in [0.1, 0.15) is 0 Å². The van der Waals surface area contributed by atoms with Gasteiger partial charge in [-0.2, -0.15) is 0 Å². The standard InChI is InChI=1S/C4H10NO4P/c1-5(2-3-6)4-10(7,8)9/h3H,2,4H2,1H3,(H2,7,8,9). The molecule has 0 spiro atoms. The molecule has 0 saturated carbocycles. The van der Waals surface area contributed by atoms with Crippen molar-refractivity contribution in [3.05, 3.63) is 0 Å². The number of hydrogen-bond donors (Lipinski definition) is 2. The molecule has 0 aromatic rings. The van der Waals surface area contributed by atoms with E-state index in [0.29, 0.717) is 6.29 Å². The van der Waals surface area contributed by atoms with Gasteiger partial charge in [-0.15, -0.1) is 0 Å². The Morgan fingerprint density at radius 2 is 2.10 bits per heavy atom. The van der Waals surface area contributed by atoms with Gasteiger partial charge in [0.1, 0.15) is 12.6 Å². The third-order valence-electron chi connectivity index (χ3n) is 0.812. The molecule has 0 atom stereocenters. The summed E-state index contributed by atoms with van der Waals surface area (Å²) in [6.45, 7) is 0.0467. The zero-order valence-corrected chi connectivity index (χ0v) is 6.49. The Bertz CT molecular complexity index is 153. The third-order valence-corrected chi connectivity index (χ3v) is 1.66. The van der Waals surface area contributed by atoms with Gasteiger partial charge in [0, 0.05) is 0 Å². The first-order valence-corrected chi connectivity index (χ1v) is 4.42. The van der Waals surface area contributed by atoms with Gasteiger partial charge in [0.25, 0.3) is 0 Å². The predicted octanol–water partition coefficient (Wildman–Crippen LogP) is -0.748. The highest BCUT2D eigenvalue weighted by atomic mass is 31.2. The second-order valence-corrected chi connectivity index (χ2v) is 3.62. The fraction of sp³-hybridized carbons (Fsp3) is 0.750. The largest absolute Gasteiger partial charge is 0.339 e. The molecule has 6 heteroatoms. The molecule has 0 aromatic heterocycles. The summed E-state index contributed by atoms with van der Waals surface area (Å²) in [5.41, 5.74) is 0. The lowest BCUT2D eigenvalue weighted by Gasteiger charge is -2.12. The highest BCUT2D eigenvalue weighted by Gasteiger charge is 2.15. The number of aldehydes is 1. The minimum atomic E-state index is -3.98. The van der Waals surface area contributed by atoms with E-state index < -0.39 is 7.60 Å². The lowest BCUT2D eigenvalue weighted by molar-refractivity contribution is -0.108. The maximum absolute atomic E-state index is 10.3. The van der Waals surface area contributed by atoms with Crippen LogP contribution >= 0.6 is 7.60 Å². The van der Waals surface area contributed by atoms with Crippen LogP contribution in [0.3, 0.4) is 0 Å². The van der Waals surface area contributed by atoms with Gasteiger partial charge in [-0.25, -0.2) is 0 Å². The number of hydrogen-bond acceptors (Lipinski definition) is 3. The third kappa shape index (κ3) is 5.91. The molecule has 10 heavy (non-hydrogen) atoms. The van der Waals surface area contributed by atoms with E-state index in [2.05, 4.69) is 0 Å². The van der Waals surface area contributed by atoms with Gasteiger partial charge < -0.3 is 14.6 Å². The Balaban J connectivity index is 3.68. The highest BCUT2D eigenvalue weighted by Crippen LogP contribution is 2.34. The van der Waals surface area contributed by atoms with Crippen LogP contribution in [0.15, 0.2) is 0 Å². The second-order valence-electron chi connectivity index (χ2n) is 2.01. The molecule has 0 amide bonds. The molecule has 0 fully saturated rings. The lowest BCUT2D eigenvalue weighted by Crippen LogP contribution is -2.21. The van der Waals surface area contributed by atoms with Crippen molar-refractivity contribution >= 4 is 13.9 Å². The van der Waals surface area contributed by atoms with Gasteiger partial charge in [-0.05, 0) is 7.05 Å². The molecule has 0 bridgehead atoms. The van der Waals surface area contributed by atoms with Gasteiger partial charge in [0.2, 0.25) is 0 Å². The van der Waals surface area contributed by atoms with Crippen LogP contribution < -0.4 is 0 Å². The van der Waals surface area contributed by atoms with Gasteiger partial charge in [0.05, 0.1) is 6.54 Å². The molecule has 0 aliphatic heterocycles. The Morgan fingerprint density at radius 1 is 1.60 bits per heavy atom. The minimum Gasteiger partial charge on any atom is -0.324 e. The Labute approximate surface area is 58.8 Å². The predicted molar refractivity (Wildman–Crippen MR) is 35.6 cm³/mol. The van der Waals surface area contributed by atoms with E-state index in [1.165, 1.54) is 11.9 Å². The zero-order chi connectivity index (χ0) is 8.20. The molecule has 0 rings (SSSR count). The molecule has 0 aromatic carbocycles. The normalized spacial score (nSPS) is 12.0. The average molecular weight is 167 g/mol. The van der Waals surface area contributed by atoms with Crippen molar-refractivity contribution in [2.45, 2.75) is 0 Å². The van der Waals surface area contributed by atoms with Crippen molar-refractivity contribution in [2.75, 3.05) is 19.9 Å². The van der Waals surface area contributed by atoms with Crippen LogP contribution in [0, 0.1) is 0 Å². The minimum absolute atomic E-state index is 0.0467. The number of carbonyl (C=O) groups excluding carboxylic acids is 1. The van der Waals surface area contributed by atoms with Crippen LogP contribution in [-0.2, 0) is 9.36 Å². The maximum atomic E-state index is 10.3. The number of likely N-dealkylation sites (N-methyl/N-ethyl adjacent to an activating group) is 1. The molecule has 0 aliphatic rings.